The molecule has 0 radical (unpaired) electrons. The molecule has 2 N–H and O–H groups in total. The Morgan fingerprint density at radius 2 is 2.00 bits per heavy atom. The van der Waals surface area contributed by atoms with E-state index < -0.39 is 12.1 Å². The average molecular weight is 269 g/mol. The molecule has 110 valence electrons. The molecule has 4 heteroatoms. The lowest BCUT2D eigenvalue weighted by Crippen LogP contribution is -2.44. The van der Waals surface area contributed by atoms with Crippen molar-refractivity contribution in [1.29, 1.82) is 0 Å². The third-order valence-corrected chi connectivity index (χ3v) is 4.67. The molecule has 2 rings (SSSR count). The highest BCUT2D eigenvalue weighted by atomic mass is 16.5. The molecule has 4 unspecified atom stereocenters. The summed E-state index contributed by atoms with van der Waals surface area (Å²) in [6, 6.07) is 0.584. The molecule has 0 spiro atoms. The fraction of sp³-hybridized carbons (Fsp3) is 0.933. The van der Waals surface area contributed by atoms with Crippen molar-refractivity contribution in [3.8, 4) is 0 Å². The number of aliphatic carboxylic acids is 1. The first-order valence-corrected chi connectivity index (χ1v) is 7.69. The van der Waals surface area contributed by atoms with Crippen LogP contribution in [0.1, 0.15) is 52.4 Å². The van der Waals surface area contributed by atoms with Crippen LogP contribution in [0.15, 0.2) is 0 Å². The van der Waals surface area contributed by atoms with E-state index in [0.717, 1.165) is 18.9 Å². The van der Waals surface area contributed by atoms with Gasteiger partial charge in [0.05, 0.1) is 6.10 Å². The maximum Gasteiger partial charge on any atom is 0.332 e. The van der Waals surface area contributed by atoms with Gasteiger partial charge >= 0.3 is 5.97 Å². The fourth-order valence-electron chi connectivity index (χ4n) is 3.53. The monoisotopic (exact) mass is 269 g/mol. The van der Waals surface area contributed by atoms with Crippen LogP contribution in [0.5, 0.6) is 0 Å². The highest BCUT2D eigenvalue weighted by Gasteiger charge is 2.32. The lowest BCUT2D eigenvalue weighted by Gasteiger charge is -2.35. The van der Waals surface area contributed by atoms with E-state index >= 15 is 0 Å². The predicted octanol–water partition coefficient (Wildman–Crippen LogP) is 2.42. The number of ether oxygens (including phenoxy) is 1. The minimum atomic E-state index is -0.819. The predicted molar refractivity (Wildman–Crippen MR) is 74.1 cm³/mol. The molecule has 1 aliphatic heterocycles. The normalized spacial score (nSPS) is 35.7. The van der Waals surface area contributed by atoms with E-state index in [1.54, 1.807) is 0 Å². The number of hydrogen-bond donors (Lipinski definition) is 2. The summed E-state index contributed by atoms with van der Waals surface area (Å²) in [5, 5.41) is 12.6. The second-order valence-electron chi connectivity index (χ2n) is 6.37. The zero-order valence-corrected chi connectivity index (χ0v) is 12.1. The minimum Gasteiger partial charge on any atom is -0.479 e. The van der Waals surface area contributed by atoms with Crippen LogP contribution < -0.4 is 5.32 Å². The van der Waals surface area contributed by atoms with Crippen molar-refractivity contribution in [2.75, 3.05) is 6.54 Å². The van der Waals surface area contributed by atoms with Gasteiger partial charge in [0.2, 0.25) is 0 Å². The van der Waals surface area contributed by atoms with Crippen molar-refractivity contribution in [2.24, 2.45) is 11.8 Å². The SMILES string of the molecule is CC(C)C1CCCCC1NCC1CCC(C(=O)O)O1. The largest absolute Gasteiger partial charge is 0.479 e. The zero-order chi connectivity index (χ0) is 13.8. The van der Waals surface area contributed by atoms with Gasteiger partial charge in [0.15, 0.2) is 6.10 Å². The second kappa shape index (κ2) is 6.71. The summed E-state index contributed by atoms with van der Waals surface area (Å²) in [7, 11) is 0. The van der Waals surface area contributed by atoms with Crippen LogP contribution >= 0.6 is 0 Å². The lowest BCUT2D eigenvalue weighted by atomic mass is 9.78. The number of hydrogen-bond acceptors (Lipinski definition) is 3. The van der Waals surface area contributed by atoms with Crippen LogP contribution in [0.3, 0.4) is 0 Å². The van der Waals surface area contributed by atoms with Crippen LogP contribution in [-0.4, -0.2) is 35.9 Å². The summed E-state index contributed by atoms with van der Waals surface area (Å²) in [6.45, 7) is 5.41. The van der Waals surface area contributed by atoms with Crippen molar-refractivity contribution in [1.82, 2.24) is 5.32 Å². The molecule has 0 aromatic carbocycles. The van der Waals surface area contributed by atoms with Crippen molar-refractivity contribution in [3.63, 3.8) is 0 Å². The molecule has 19 heavy (non-hydrogen) atoms. The molecular formula is C15H27NO3. The molecule has 2 fully saturated rings. The second-order valence-corrected chi connectivity index (χ2v) is 6.37. The average Bonchev–Trinajstić information content (AvgIpc) is 2.85. The summed E-state index contributed by atoms with van der Waals surface area (Å²) in [4.78, 5) is 10.8. The van der Waals surface area contributed by atoms with E-state index in [4.69, 9.17) is 9.84 Å². The van der Waals surface area contributed by atoms with Gasteiger partial charge in [0.1, 0.15) is 0 Å². The zero-order valence-electron chi connectivity index (χ0n) is 12.1. The number of carboxylic acids is 1. The summed E-state index contributed by atoms with van der Waals surface area (Å²) in [6.07, 6.45) is 6.24. The van der Waals surface area contributed by atoms with Gasteiger partial charge in [0.25, 0.3) is 0 Å². The molecule has 1 saturated carbocycles. The fourth-order valence-corrected chi connectivity index (χ4v) is 3.53. The van der Waals surface area contributed by atoms with E-state index in [9.17, 15) is 4.79 Å². The highest BCUT2D eigenvalue weighted by Crippen LogP contribution is 2.30. The van der Waals surface area contributed by atoms with E-state index in [2.05, 4.69) is 19.2 Å². The quantitative estimate of drug-likeness (QED) is 0.805. The third kappa shape index (κ3) is 3.93. The van der Waals surface area contributed by atoms with Crippen LogP contribution in [0.2, 0.25) is 0 Å². The third-order valence-electron chi connectivity index (χ3n) is 4.67. The van der Waals surface area contributed by atoms with Gasteiger partial charge in [-0.15, -0.1) is 0 Å². The van der Waals surface area contributed by atoms with E-state index in [1.165, 1.54) is 25.7 Å². The molecule has 0 bridgehead atoms. The van der Waals surface area contributed by atoms with E-state index in [0.29, 0.717) is 18.4 Å². The molecule has 0 aromatic heterocycles. The van der Waals surface area contributed by atoms with Gasteiger partial charge in [-0.05, 0) is 37.5 Å². The summed E-state index contributed by atoms with van der Waals surface area (Å²) in [5.41, 5.74) is 0. The Balaban J connectivity index is 1.76. The molecule has 4 atom stereocenters. The maximum atomic E-state index is 10.8. The Hall–Kier alpha value is -0.610. The number of carboxylic acid groups (broad SMARTS) is 1. The molecule has 0 amide bonds. The van der Waals surface area contributed by atoms with Crippen molar-refractivity contribution in [3.05, 3.63) is 0 Å². The van der Waals surface area contributed by atoms with Gasteiger partial charge in [-0.3, -0.25) is 0 Å². The first-order valence-electron chi connectivity index (χ1n) is 7.69. The van der Waals surface area contributed by atoms with Crippen molar-refractivity contribution >= 4 is 5.97 Å². The number of rotatable bonds is 5. The van der Waals surface area contributed by atoms with Crippen molar-refractivity contribution in [2.45, 2.75) is 70.6 Å². The summed E-state index contributed by atoms with van der Waals surface area (Å²) < 4.78 is 5.55. The van der Waals surface area contributed by atoms with Gasteiger partial charge in [-0.2, -0.15) is 0 Å². The first kappa shape index (κ1) is 14.8. The minimum absolute atomic E-state index is 0.0795. The molecule has 1 heterocycles. The van der Waals surface area contributed by atoms with Gasteiger partial charge < -0.3 is 15.2 Å². The van der Waals surface area contributed by atoms with E-state index in [-0.39, 0.29) is 6.10 Å². The Labute approximate surface area is 115 Å². The Morgan fingerprint density at radius 1 is 1.26 bits per heavy atom. The van der Waals surface area contributed by atoms with Crippen LogP contribution in [0.4, 0.5) is 0 Å². The first-order chi connectivity index (χ1) is 9.08. The summed E-state index contributed by atoms with van der Waals surface area (Å²) in [5.74, 6) is 0.653. The molecule has 2 aliphatic rings. The van der Waals surface area contributed by atoms with E-state index in [1.807, 2.05) is 0 Å². The standard InChI is InChI=1S/C15H27NO3/c1-10(2)12-5-3-4-6-13(12)16-9-11-7-8-14(19-11)15(17)18/h10-14,16H,3-9H2,1-2H3,(H,17,18). The Morgan fingerprint density at radius 3 is 2.63 bits per heavy atom. The van der Waals surface area contributed by atoms with Crippen LogP contribution in [0.25, 0.3) is 0 Å². The highest BCUT2D eigenvalue weighted by molar-refractivity contribution is 5.72. The molecule has 0 aromatic rings. The molecular weight excluding hydrogens is 242 g/mol. The topological polar surface area (TPSA) is 58.6 Å². The molecule has 4 nitrogen and oxygen atoms in total. The van der Waals surface area contributed by atoms with Crippen LogP contribution in [0, 0.1) is 11.8 Å². The summed E-state index contributed by atoms with van der Waals surface area (Å²) >= 11 is 0. The number of nitrogens with one attached hydrogen (secondary N) is 1. The molecule has 1 saturated heterocycles. The Bertz CT molecular complexity index is 306. The molecule has 1 aliphatic carbocycles. The van der Waals surface area contributed by atoms with Crippen molar-refractivity contribution < 1.29 is 14.6 Å². The van der Waals surface area contributed by atoms with Crippen LogP contribution in [-0.2, 0) is 9.53 Å². The number of carbonyl (C=O) groups is 1. The smallest absolute Gasteiger partial charge is 0.332 e. The lowest BCUT2D eigenvalue weighted by molar-refractivity contribution is -0.149. The van der Waals surface area contributed by atoms with Gasteiger partial charge in [0, 0.05) is 12.6 Å². The van der Waals surface area contributed by atoms with Gasteiger partial charge in [-0.25, -0.2) is 4.79 Å². The Kier molecular flexibility index (Phi) is 5.22. The van der Waals surface area contributed by atoms with Gasteiger partial charge in [-0.1, -0.05) is 26.7 Å². The maximum absolute atomic E-state index is 10.8.